The van der Waals surface area contributed by atoms with E-state index < -0.39 is 0 Å². The Kier molecular flexibility index (Phi) is 2.91. The van der Waals surface area contributed by atoms with E-state index in [4.69, 9.17) is 5.73 Å². The average molecular weight is 238 g/mol. The summed E-state index contributed by atoms with van der Waals surface area (Å²) in [4.78, 5) is 22.2. The zero-order valence-corrected chi connectivity index (χ0v) is 10.1. The van der Waals surface area contributed by atoms with Gasteiger partial charge in [0.15, 0.2) is 0 Å². The van der Waals surface area contributed by atoms with Gasteiger partial charge in [0.05, 0.1) is 10.4 Å². The molecule has 1 aromatic heterocycles. The number of rotatable bonds is 3. The fourth-order valence-corrected chi connectivity index (χ4v) is 2.48. The Morgan fingerprint density at radius 3 is 2.94 bits per heavy atom. The average Bonchev–Trinajstić information content (AvgIpc) is 2.75. The van der Waals surface area contributed by atoms with Gasteiger partial charge >= 0.3 is 6.03 Å². The zero-order chi connectivity index (χ0) is 11.7. The van der Waals surface area contributed by atoms with Crippen molar-refractivity contribution in [2.45, 2.75) is 19.9 Å². The fourth-order valence-electron chi connectivity index (χ4n) is 1.74. The normalized spacial score (nSPS) is 20.7. The van der Waals surface area contributed by atoms with E-state index in [1.807, 2.05) is 0 Å². The van der Waals surface area contributed by atoms with Crippen molar-refractivity contribution in [3.8, 4) is 0 Å². The van der Waals surface area contributed by atoms with Crippen LogP contribution in [0.15, 0.2) is 16.7 Å². The fraction of sp³-hybridized carbons (Fsp3) is 0.500. The van der Waals surface area contributed by atoms with E-state index in [-0.39, 0.29) is 12.1 Å². The Balaban J connectivity index is 2.27. The molecule has 2 rings (SSSR count). The molecule has 16 heavy (non-hydrogen) atoms. The molecule has 1 unspecified atom stereocenters. The van der Waals surface area contributed by atoms with Crippen LogP contribution in [-0.4, -0.2) is 28.3 Å². The smallest absolute Gasteiger partial charge is 0.346 e. The van der Waals surface area contributed by atoms with Gasteiger partial charge in [0, 0.05) is 12.7 Å². The van der Waals surface area contributed by atoms with Crippen molar-refractivity contribution in [1.82, 2.24) is 9.88 Å². The summed E-state index contributed by atoms with van der Waals surface area (Å²) in [6.07, 6.45) is 1.74. The second kappa shape index (κ2) is 4.21. The lowest BCUT2D eigenvalue weighted by Gasteiger charge is -2.24. The molecule has 0 saturated heterocycles. The molecule has 0 aromatic carbocycles. The van der Waals surface area contributed by atoms with E-state index in [1.165, 1.54) is 11.3 Å². The van der Waals surface area contributed by atoms with Gasteiger partial charge in [0.25, 0.3) is 0 Å². The summed E-state index contributed by atoms with van der Waals surface area (Å²) in [6, 6.07) is -0.466. The van der Waals surface area contributed by atoms with Crippen molar-refractivity contribution in [1.29, 1.82) is 0 Å². The number of hydrogen-bond acceptors (Lipinski definition) is 4. The molecule has 5 nitrogen and oxygen atoms in total. The van der Waals surface area contributed by atoms with Crippen LogP contribution in [0.25, 0.3) is 0 Å². The van der Waals surface area contributed by atoms with Crippen molar-refractivity contribution < 1.29 is 4.79 Å². The van der Waals surface area contributed by atoms with Gasteiger partial charge in [-0.15, -0.1) is 11.3 Å². The van der Waals surface area contributed by atoms with Gasteiger partial charge in [-0.05, 0) is 5.92 Å². The minimum absolute atomic E-state index is 0.220. The van der Waals surface area contributed by atoms with E-state index in [1.54, 1.807) is 16.6 Å². The summed E-state index contributed by atoms with van der Waals surface area (Å²) in [6.45, 7) is 4.78. The Bertz CT molecular complexity index is 412. The second-order valence-electron chi connectivity index (χ2n) is 4.17. The van der Waals surface area contributed by atoms with Gasteiger partial charge in [-0.3, -0.25) is 4.98 Å². The molecule has 0 spiro atoms. The molecule has 0 aliphatic carbocycles. The monoisotopic (exact) mass is 238 g/mol. The van der Waals surface area contributed by atoms with Crippen LogP contribution in [0.4, 0.5) is 4.79 Å². The highest BCUT2D eigenvalue weighted by molar-refractivity contribution is 7.09. The molecule has 1 atom stereocenters. The first-order chi connectivity index (χ1) is 7.59. The zero-order valence-electron chi connectivity index (χ0n) is 9.25. The van der Waals surface area contributed by atoms with Crippen LogP contribution in [0.2, 0.25) is 0 Å². The van der Waals surface area contributed by atoms with E-state index in [0.29, 0.717) is 18.3 Å². The van der Waals surface area contributed by atoms with Crippen molar-refractivity contribution in [2.24, 2.45) is 16.6 Å². The van der Waals surface area contributed by atoms with Gasteiger partial charge in [0.1, 0.15) is 11.9 Å². The molecule has 2 amide bonds. The molecule has 1 aromatic rings. The molecule has 1 aliphatic rings. The van der Waals surface area contributed by atoms with Crippen molar-refractivity contribution in [2.75, 3.05) is 6.54 Å². The van der Waals surface area contributed by atoms with Gasteiger partial charge in [-0.25, -0.2) is 4.79 Å². The number of thiazole rings is 1. The lowest BCUT2D eigenvalue weighted by atomic mass is 10.1. The van der Waals surface area contributed by atoms with Crippen LogP contribution in [0.3, 0.4) is 0 Å². The maximum Gasteiger partial charge on any atom is 0.346 e. The number of carbonyl (C=O) groups excluding carboxylic acids is 1. The highest BCUT2D eigenvalue weighted by Gasteiger charge is 2.35. The summed E-state index contributed by atoms with van der Waals surface area (Å²) in [5.74, 6) is 0.760. The van der Waals surface area contributed by atoms with Crippen LogP contribution in [0.5, 0.6) is 0 Å². The molecular weight excluding hydrogens is 224 g/mol. The van der Waals surface area contributed by atoms with Crippen LogP contribution >= 0.6 is 11.3 Å². The Hall–Kier alpha value is -1.43. The Morgan fingerprint density at radius 1 is 1.62 bits per heavy atom. The molecule has 0 radical (unpaired) electrons. The minimum Gasteiger partial charge on any atom is -0.385 e. The van der Waals surface area contributed by atoms with Crippen LogP contribution in [-0.2, 0) is 0 Å². The first-order valence-electron chi connectivity index (χ1n) is 5.12. The first kappa shape index (κ1) is 11.1. The molecule has 2 N–H and O–H groups in total. The lowest BCUT2D eigenvalue weighted by Crippen LogP contribution is -2.35. The van der Waals surface area contributed by atoms with Gasteiger partial charge < -0.3 is 10.6 Å². The summed E-state index contributed by atoms with van der Waals surface area (Å²) in [7, 11) is 0. The summed E-state index contributed by atoms with van der Waals surface area (Å²) in [5, 5.41) is 0. The lowest BCUT2D eigenvalue weighted by molar-refractivity contribution is 0.199. The number of aromatic nitrogens is 1. The molecule has 0 bridgehead atoms. The van der Waals surface area contributed by atoms with E-state index in [2.05, 4.69) is 23.8 Å². The second-order valence-corrected chi connectivity index (χ2v) is 5.09. The van der Waals surface area contributed by atoms with Crippen LogP contribution in [0, 0.1) is 5.92 Å². The number of nitrogens with zero attached hydrogens (tertiary/aromatic N) is 3. The molecule has 0 saturated carbocycles. The van der Waals surface area contributed by atoms with Crippen LogP contribution in [0.1, 0.15) is 24.8 Å². The number of carbonyl (C=O) groups is 1. The van der Waals surface area contributed by atoms with Gasteiger partial charge in [-0.1, -0.05) is 13.8 Å². The first-order valence-corrected chi connectivity index (χ1v) is 6.00. The SMILES string of the molecule is CC(C)CN1C(=O)N=C(N)C1c1cncs1. The number of hydrogen-bond donors (Lipinski definition) is 1. The number of amides is 2. The Morgan fingerprint density at radius 2 is 2.38 bits per heavy atom. The molecule has 0 fully saturated rings. The third-order valence-electron chi connectivity index (χ3n) is 2.35. The highest BCUT2D eigenvalue weighted by atomic mass is 32.1. The van der Waals surface area contributed by atoms with E-state index in [0.717, 1.165) is 4.88 Å². The Labute approximate surface area is 98.0 Å². The van der Waals surface area contributed by atoms with Crippen LogP contribution < -0.4 is 5.73 Å². The minimum atomic E-state index is -0.246. The number of urea groups is 1. The van der Waals surface area contributed by atoms with Gasteiger partial charge in [-0.2, -0.15) is 4.99 Å². The largest absolute Gasteiger partial charge is 0.385 e. The third-order valence-corrected chi connectivity index (χ3v) is 3.17. The number of aliphatic imine (C=N–C) groups is 1. The number of amidine groups is 1. The topological polar surface area (TPSA) is 71.6 Å². The highest BCUT2D eigenvalue weighted by Crippen LogP contribution is 2.29. The summed E-state index contributed by atoms with van der Waals surface area (Å²) < 4.78 is 0. The van der Waals surface area contributed by atoms with Crippen molar-refractivity contribution >= 4 is 23.2 Å². The summed E-state index contributed by atoms with van der Waals surface area (Å²) in [5.41, 5.74) is 7.53. The predicted molar refractivity (Wildman–Crippen MR) is 63.4 cm³/mol. The summed E-state index contributed by atoms with van der Waals surface area (Å²) >= 11 is 1.49. The molecule has 86 valence electrons. The van der Waals surface area contributed by atoms with E-state index >= 15 is 0 Å². The maximum absolute atomic E-state index is 11.7. The molecule has 1 aliphatic heterocycles. The third kappa shape index (κ3) is 1.92. The molecule has 6 heteroatoms. The predicted octanol–water partition coefficient (Wildman–Crippen LogP) is 1.63. The number of nitrogens with two attached hydrogens (primary N) is 1. The molecule has 2 heterocycles. The van der Waals surface area contributed by atoms with Crippen molar-refractivity contribution in [3.05, 3.63) is 16.6 Å². The maximum atomic E-state index is 11.7. The molecular formula is C10H14N4OS. The van der Waals surface area contributed by atoms with Gasteiger partial charge in [0.2, 0.25) is 0 Å². The quantitative estimate of drug-likeness (QED) is 0.870. The van der Waals surface area contributed by atoms with Crippen molar-refractivity contribution in [3.63, 3.8) is 0 Å². The van der Waals surface area contributed by atoms with E-state index in [9.17, 15) is 4.79 Å². The standard InChI is InChI=1S/C10H14N4OS/c1-6(2)4-14-8(7-3-12-5-16-7)9(11)13-10(14)15/h3,5-6,8H,4H2,1-2H3,(H2,11,13,15).